The number of nitrogens with one attached hydrogen (secondary N) is 1. The molecule has 0 aliphatic heterocycles. The normalized spacial score (nSPS) is 10.8. The zero-order valence-corrected chi connectivity index (χ0v) is 19.5. The van der Waals surface area contributed by atoms with Crippen molar-refractivity contribution in [1.82, 2.24) is 10.1 Å². The van der Waals surface area contributed by atoms with Crippen LogP contribution in [0.4, 0.5) is 5.69 Å². The number of nitrogens with zero attached hydrogens (tertiary/aromatic N) is 2. The van der Waals surface area contributed by atoms with E-state index in [1.165, 1.54) is 11.8 Å². The maximum absolute atomic E-state index is 12.6. The molecule has 1 aromatic heterocycles. The van der Waals surface area contributed by atoms with Crippen LogP contribution in [0.2, 0.25) is 0 Å². The average molecular weight is 468 g/mol. The smallest absolute Gasteiger partial charge is 0.339 e. The number of aryl methyl sites for hydroxylation is 1. The van der Waals surface area contributed by atoms with Crippen LogP contribution < -0.4 is 5.32 Å². The van der Waals surface area contributed by atoms with Crippen LogP contribution in [0.5, 0.6) is 0 Å². The van der Waals surface area contributed by atoms with Gasteiger partial charge in [-0.05, 0) is 49.2 Å². The molecule has 9 heteroatoms. The number of ether oxygens (including phenoxy) is 1. The number of thioether (sulfide) groups is 1. The topological polar surface area (TPSA) is 111 Å². The summed E-state index contributed by atoms with van der Waals surface area (Å²) in [5, 5.41) is 6.53. The van der Waals surface area contributed by atoms with Crippen molar-refractivity contribution in [3.8, 4) is 0 Å². The number of ketones is 1. The number of esters is 1. The minimum atomic E-state index is -0.592. The molecular weight excluding hydrogens is 442 g/mol. The molecule has 0 unspecified atom stereocenters. The van der Waals surface area contributed by atoms with Gasteiger partial charge in [-0.15, -0.1) is 11.8 Å². The molecule has 3 aromatic rings. The maximum atomic E-state index is 12.6. The second kappa shape index (κ2) is 11.4. The monoisotopic (exact) mass is 467 g/mol. The van der Waals surface area contributed by atoms with Gasteiger partial charge in [-0.1, -0.05) is 31.1 Å². The van der Waals surface area contributed by atoms with E-state index in [0.29, 0.717) is 45.6 Å². The van der Waals surface area contributed by atoms with E-state index in [0.717, 1.165) is 0 Å². The molecule has 0 saturated heterocycles. The van der Waals surface area contributed by atoms with Gasteiger partial charge >= 0.3 is 5.97 Å². The highest BCUT2D eigenvalue weighted by Crippen LogP contribution is 2.26. The molecule has 0 radical (unpaired) electrons. The van der Waals surface area contributed by atoms with Crippen LogP contribution in [0.1, 0.15) is 52.7 Å². The molecule has 0 aliphatic carbocycles. The van der Waals surface area contributed by atoms with Crippen molar-refractivity contribution in [2.24, 2.45) is 5.92 Å². The molecule has 3 rings (SSSR count). The number of anilines is 1. The van der Waals surface area contributed by atoms with Gasteiger partial charge in [0.1, 0.15) is 0 Å². The summed E-state index contributed by atoms with van der Waals surface area (Å²) in [5.74, 6) is 0.656. The van der Waals surface area contributed by atoms with Crippen LogP contribution in [0, 0.1) is 12.8 Å². The highest BCUT2D eigenvalue weighted by atomic mass is 32.2. The number of carbonyl (C=O) groups excluding carboxylic acids is 3. The summed E-state index contributed by atoms with van der Waals surface area (Å²) >= 11 is 1.37. The number of benzene rings is 2. The van der Waals surface area contributed by atoms with E-state index in [1.54, 1.807) is 49.4 Å². The van der Waals surface area contributed by atoms with E-state index in [-0.39, 0.29) is 24.2 Å². The van der Waals surface area contributed by atoms with E-state index in [1.807, 2.05) is 19.9 Å². The number of hydrogen-bond donors (Lipinski definition) is 1. The molecule has 33 heavy (non-hydrogen) atoms. The third-order valence-corrected chi connectivity index (χ3v) is 5.50. The molecule has 0 saturated carbocycles. The summed E-state index contributed by atoms with van der Waals surface area (Å²) in [6.45, 7) is 5.28. The Morgan fingerprint density at radius 2 is 1.82 bits per heavy atom. The highest BCUT2D eigenvalue weighted by Gasteiger charge is 2.16. The minimum absolute atomic E-state index is 0.0798. The molecule has 2 aromatic carbocycles. The van der Waals surface area contributed by atoms with Gasteiger partial charge in [0, 0.05) is 22.6 Å². The summed E-state index contributed by atoms with van der Waals surface area (Å²) in [4.78, 5) is 41.7. The molecule has 1 amide bonds. The molecule has 1 heterocycles. The predicted molar refractivity (Wildman–Crippen MR) is 124 cm³/mol. The molecule has 8 nitrogen and oxygen atoms in total. The predicted octanol–water partition coefficient (Wildman–Crippen LogP) is 4.69. The number of aromatic nitrogens is 2. The van der Waals surface area contributed by atoms with Crippen LogP contribution in [-0.4, -0.2) is 34.4 Å². The lowest BCUT2D eigenvalue weighted by atomic mass is 10.1. The van der Waals surface area contributed by atoms with E-state index in [2.05, 4.69) is 15.5 Å². The van der Waals surface area contributed by atoms with E-state index in [4.69, 9.17) is 9.26 Å². The van der Waals surface area contributed by atoms with Crippen molar-refractivity contribution >= 4 is 35.1 Å². The molecule has 0 spiro atoms. The summed E-state index contributed by atoms with van der Waals surface area (Å²) in [6.07, 6.45) is 0.422. The third kappa shape index (κ3) is 7.28. The Morgan fingerprint density at radius 3 is 2.48 bits per heavy atom. The Hall–Kier alpha value is -3.46. The standard InChI is InChI=1S/C24H25N3O5S/c1-15(2)12-22(29)26-18-10-8-17(9-11-18)20(28)13-31-24(30)19-6-4-5-7-21(19)33-14-23-25-16(3)27-32-23/h4-11,15H,12-14H2,1-3H3,(H,26,29). The van der Waals surface area contributed by atoms with E-state index < -0.39 is 5.97 Å². The summed E-state index contributed by atoms with van der Waals surface area (Å²) in [5.41, 5.74) is 1.35. The van der Waals surface area contributed by atoms with Crippen molar-refractivity contribution in [2.45, 2.75) is 37.8 Å². The lowest BCUT2D eigenvalue weighted by Gasteiger charge is -2.09. The number of rotatable bonds is 10. The summed E-state index contributed by atoms with van der Waals surface area (Å²) in [7, 11) is 0. The van der Waals surface area contributed by atoms with E-state index in [9.17, 15) is 14.4 Å². The fourth-order valence-corrected chi connectivity index (χ4v) is 3.79. The molecular formula is C24H25N3O5S. The Kier molecular flexibility index (Phi) is 8.37. The second-order valence-electron chi connectivity index (χ2n) is 7.74. The quantitative estimate of drug-likeness (QED) is 0.260. The lowest BCUT2D eigenvalue weighted by molar-refractivity contribution is -0.116. The van der Waals surface area contributed by atoms with Gasteiger partial charge in [-0.3, -0.25) is 9.59 Å². The van der Waals surface area contributed by atoms with Crippen LogP contribution >= 0.6 is 11.8 Å². The Bertz CT molecular complexity index is 1130. The zero-order valence-electron chi connectivity index (χ0n) is 18.7. The van der Waals surface area contributed by atoms with Crippen LogP contribution in [0.3, 0.4) is 0 Å². The molecule has 0 aliphatic rings. The van der Waals surface area contributed by atoms with Crippen molar-refractivity contribution in [3.63, 3.8) is 0 Å². The first-order valence-corrected chi connectivity index (χ1v) is 11.4. The largest absolute Gasteiger partial charge is 0.454 e. The first-order chi connectivity index (χ1) is 15.8. The molecule has 0 fully saturated rings. The molecule has 0 bridgehead atoms. The molecule has 172 valence electrons. The van der Waals surface area contributed by atoms with Gasteiger partial charge in [0.15, 0.2) is 18.2 Å². The average Bonchev–Trinajstić information content (AvgIpc) is 3.21. The first-order valence-electron chi connectivity index (χ1n) is 10.4. The first kappa shape index (κ1) is 24.2. The van der Waals surface area contributed by atoms with Crippen molar-refractivity contribution in [1.29, 1.82) is 0 Å². The lowest BCUT2D eigenvalue weighted by Crippen LogP contribution is -2.16. The van der Waals surface area contributed by atoms with Gasteiger partial charge in [0.2, 0.25) is 11.8 Å². The summed E-state index contributed by atoms with van der Waals surface area (Å²) in [6, 6.07) is 13.5. The number of amides is 1. The fraction of sp³-hybridized carbons (Fsp3) is 0.292. The zero-order chi connectivity index (χ0) is 23.8. The number of Topliss-reactive ketones (excluding diaryl/α,β-unsaturated/α-hetero) is 1. The van der Waals surface area contributed by atoms with E-state index >= 15 is 0 Å². The number of carbonyl (C=O) groups is 3. The van der Waals surface area contributed by atoms with Gasteiger partial charge in [-0.25, -0.2) is 4.79 Å². The van der Waals surface area contributed by atoms with Gasteiger partial charge in [0.05, 0.1) is 11.3 Å². The number of hydrogen-bond acceptors (Lipinski definition) is 8. The molecule has 0 atom stereocenters. The minimum Gasteiger partial charge on any atom is -0.454 e. The Balaban J connectivity index is 1.55. The van der Waals surface area contributed by atoms with Crippen LogP contribution in [0.15, 0.2) is 57.9 Å². The second-order valence-corrected chi connectivity index (χ2v) is 8.76. The Morgan fingerprint density at radius 1 is 1.09 bits per heavy atom. The van der Waals surface area contributed by atoms with Gasteiger partial charge in [-0.2, -0.15) is 4.98 Å². The van der Waals surface area contributed by atoms with Gasteiger partial charge in [0.25, 0.3) is 0 Å². The van der Waals surface area contributed by atoms with Crippen molar-refractivity contribution in [2.75, 3.05) is 11.9 Å². The maximum Gasteiger partial charge on any atom is 0.339 e. The van der Waals surface area contributed by atoms with Crippen LogP contribution in [0.25, 0.3) is 0 Å². The van der Waals surface area contributed by atoms with Crippen molar-refractivity contribution < 1.29 is 23.6 Å². The van der Waals surface area contributed by atoms with Crippen molar-refractivity contribution in [3.05, 3.63) is 71.4 Å². The third-order valence-electron chi connectivity index (χ3n) is 4.45. The SMILES string of the molecule is Cc1noc(CSc2ccccc2C(=O)OCC(=O)c2ccc(NC(=O)CC(C)C)cc2)n1. The Labute approximate surface area is 196 Å². The summed E-state index contributed by atoms with van der Waals surface area (Å²) < 4.78 is 10.4. The van der Waals surface area contributed by atoms with Gasteiger partial charge < -0.3 is 14.6 Å². The highest BCUT2D eigenvalue weighted by molar-refractivity contribution is 7.98. The fourth-order valence-electron chi connectivity index (χ4n) is 2.91. The van der Waals surface area contributed by atoms with Crippen LogP contribution in [-0.2, 0) is 15.3 Å². The molecule has 1 N–H and O–H groups in total.